The van der Waals surface area contributed by atoms with Crippen LogP contribution in [0.15, 0.2) is 12.3 Å². The van der Waals surface area contributed by atoms with Crippen molar-refractivity contribution < 1.29 is 22.7 Å². The third-order valence-electron chi connectivity index (χ3n) is 1.34. The van der Waals surface area contributed by atoms with Crippen molar-refractivity contribution in [2.75, 3.05) is 0 Å². The van der Waals surface area contributed by atoms with Crippen molar-refractivity contribution in [1.29, 1.82) is 0 Å². The van der Waals surface area contributed by atoms with Gasteiger partial charge < -0.3 is 10.5 Å². The summed E-state index contributed by atoms with van der Waals surface area (Å²) >= 11 is 5.42. The molecule has 82 valence electrons. The average Bonchev–Trinajstić information content (AvgIpc) is 2.05. The molecule has 0 aliphatic rings. The van der Waals surface area contributed by atoms with E-state index in [1.807, 2.05) is 0 Å². The van der Waals surface area contributed by atoms with Crippen LogP contribution in [0.5, 0.6) is 5.88 Å². The highest BCUT2D eigenvalue weighted by molar-refractivity contribution is 6.35. The molecule has 0 bridgehead atoms. The number of hydrogen-bond donors (Lipinski definition) is 1. The Morgan fingerprint density at radius 3 is 2.60 bits per heavy atom. The molecule has 2 N–H and O–H groups in total. The van der Waals surface area contributed by atoms with E-state index in [1.165, 1.54) is 0 Å². The molecule has 0 unspecified atom stereocenters. The van der Waals surface area contributed by atoms with E-state index in [-0.39, 0.29) is 5.56 Å². The number of pyridine rings is 1. The second-order valence-corrected chi connectivity index (χ2v) is 2.77. The highest BCUT2D eigenvalue weighted by atomic mass is 35.5. The fourth-order valence-corrected chi connectivity index (χ4v) is 1.04. The quantitative estimate of drug-likeness (QED) is 0.856. The molecule has 1 aromatic heterocycles. The van der Waals surface area contributed by atoms with E-state index in [1.54, 1.807) is 0 Å². The molecule has 0 aromatic carbocycles. The SMILES string of the molecule is NC(=O)c1ccnc(OC(F)(F)F)c1Cl. The molecule has 0 atom stereocenters. The number of aromatic nitrogens is 1. The summed E-state index contributed by atoms with van der Waals surface area (Å²) in [5.74, 6) is -1.87. The Morgan fingerprint density at radius 2 is 2.13 bits per heavy atom. The largest absolute Gasteiger partial charge is 0.574 e. The molecular formula is C7H4ClF3N2O2. The Kier molecular flexibility index (Phi) is 3.04. The molecule has 0 saturated carbocycles. The highest BCUT2D eigenvalue weighted by Gasteiger charge is 2.33. The number of amides is 1. The number of nitrogens with two attached hydrogens (primary N) is 1. The fourth-order valence-electron chi connectivity index (χ4n) is 0.796. The molecule has 1 rings (SSSR count). The number of rotatable bonds is 2. The smallest absolute Gasteiger partial charge is 0.386 e. The van der Waals surface area contributed by atoms with Gasteiger partial charge in [-0.3, -0.25) is 4.79 Å². The lowest BCUT2D eigenvalue weighted by Crippen LogP contribution is -2.19. The predicted octanol–water partition coefficient (Wildman–Crippen LogP) is 1.73. The Labute approximate surface area is 86.8 Å². The molecule has 1 heterocycles. The third kappa shape index (κ3) is 2.98. The van der Waals surface area contributed by atoms with Crippen molar-refractivity contribution >= 4 is 17.5 Å². The summed E-state index contributed by atoms with van der Waals surface area (Å²) in [6.07, 6.45) is -3.99. The van der Waals surface area contributed by atoms with Gasteiger partial charge in [0.05, 0.1) is 5.56 Å². The zero-order valence-electron chi connectivity index (χ0n) is 7.01. The maximum absolute atomic E-state index is 11.8. The molecule has 1 aromatic rings. The van der Waals surface area contributed by atoms with Gasteiger partial charge in [0.25, 0.3) is 0 Å². The zero-order chi connectivity index (χ0) is 11.6. The molecular weight excluding hydrogens is 237 g/mol. The van der Waals surface area contributed by atoms with Crippen LogP contribution in [0.3, 0.4) is 0 Å². The number of nitrogens with zero attached hydrogens (tertiary/aromatic N) is 1. The van der Waals surface area contributed by atoms with E-state index in [0.29, 0.717) is 0 Å². The van der Waals surface area contributed by atoms with Crippen molar-refractivity contribution in [3.05, 3.63) is 22.8 Å². The lowest BCUT2D eigenvalue weighted by atomic mass is 10.2. The third-order valence-corrected chi connectivity index (χ3v) is 1.70. The molecule has 15 heavy (non-hydrogen) atoms. The van der Waals surface area contributed by atoms with Crippen LogP contribution in [0.1, 0.15) is 10.4 Å². The minimum absolute atomic E-state index is 0.286. The number of alkyl halides is 3. The Morgan fingerprint density at radius 1 is 1.53 bits per heavy atom. The van der Waals surface area contributed by atoms with Gasteiger partial charge in [-0.1, -0.05) is 11.6 Å². The van der Waals surface area contributed by atoms with Crippen molar-refractivity contribution in [3.8, 4) is 5.88 Å². The first kappa shape index (κ1) is 11.6. The normalized spacial score (nSPS) is 11.2. The minimum atomic E-state index is -4.92. The summed E-state index contributed by atoms with van der Waals surface area (Å²) in [4.78, 5) is 13.9. The molecule has 8 heteroatoms. The number of halogens is 4. The lowest BCUT2D eigenvalue weighted by Gasteiger charge is -2.09. The highest BCUT2D eigenvalue weighted by Crippen LogP contribution is 2.29. The van der Waals surface area contributed by atoms with E-state index in [4.69, 9.17) is 17.3 Å². The predicted molar refractivity (Wildman–Crippen MR) is 44.4 cm³/mol. The van der Waals surface area contributed by atoms with Crippen molar-refractivity contribution in [2.24, 2.45) is 5.73 Å². The van der Waals surface area contributed by atoms with Gasteiger partial charge in [0, 0.05) is 6.20 Å². The molecule has 1 amide bonds. The summed E-state index contributed by atoms with van der Waals surface area (Å²) < 4.78 is 38.9. The van der Waals surface area contributed by atoms with E-state index in [9.17, 15) is 18.0 Å². The summed E-state index contributed by atoms with van der Waals surface area (Å²) in [5, 5.41) is -0.567. The van der Waals surface area contributed by atoms with E-state index in [2.05, 4.69) is 9.72 Å². The van der Waals surface area contributed by atoms with Gasteiger partial charge in [0.15, 0.2) is 0 Å². The fraction of sp³-hybridized carbons (Fsp3) is 0.143. The van der Waals surface area contributed by atoms with Gasteiger partial charge in [-0.2, -0.15) is 0 Å². The lowest BCUT2D eigenvalue weighted by molar-refractivity contribution is -0.276. The van der Waals surface area contributed by atoms with E-state index in [0.717, 1.165) is 12.3 Å². The van der Waals surface area contributed by atoms with Gasteiger partial charge in [-0.05, 0) is 6.07 Å². The maximum atomic E-state index is 11.8. The van der Waals surface area contributed by atoms with E-state index >= 15 is 0 Å². The average molecular weight is 241 g/mol. The molecule has 0 saturated heterocycles. The maximum Gasteiger partial charge on any atom is 0.574 e. The number of carbonyl (C=O) groups excluding carboxylic acids is 1. The van der Waals surface area contributed by atoms with Crippen molar-refractivity contribution in [1.82, 2.24) is 4.98 Å². The van der Waals surface area contributed by atoms with Gasteiger partial charge in [0.1, 0.15) is 5.02 Å². The van der Waals surface area contributed by atoms with Crippen LogP contribution in [0.2, 0.25) is 5.02 Å². The first-order valence-corrected chi connectivity index (χ1v) is 3.89. The topological polar surface area (TPSA) is 65.2 Å². The molecule has 0 aliphatic carbocycles. The number of ether oxygens (including phenoxy) is 1. The number of hydrogen-bond acceptors (Lipinski definition) is 3. The van der Waals surface area contributed by atoms with Crippen LogP contribution in [0, 0.1) is 0 Å². The van der Waals surface area contributed by atoms with Gasteiger partial charge in [-0.25, -0.2) is 4.98 Å². The van der Waals surface area contributed by atoms with Crippen molar-refractivity contribution in [2.45, 2.75) is 6.36 Å². The van der Waals surface area contributed by atoms with Crippen LogP contribution in [0.25, 0.3) is 0 Å². The second-order valence-electron chi connectivity index (χ2n) is 2.39. The Bertz CT molecular complexity index is 394. The first-order valence-electron chi connectivity index (χ1n) is 3.51. The van der Waals surface area contributed by atoms with Gasteiger partial charge in [0.2, 0.25) is 11.8 Å². The van der Waals surface area contributed by atoms with Crippen LogP contribution < -0.4 is 10.5 Å². The van der Waals surface area contributed by atoms with Crippen molar-refractivity contribution in [3.63, 3.8) is 0 Å². The summed E-state index contributed by atoms with van der Waals surface area (Å²) in [6.45, 7) is 0. The summed E-state index contributed by atoms with van der Waals surface area (Å²) in [6, 6.07) is 1.09. The molecule has 0 radical (unpaired) electrons. The van der Waals surface area contributed by atoms with Crippen LogP contribution in [-0.2, 0) is 0 Å². The van der Waals surface area contributed by atoms with Gasteiger partial charge in [-0.15, -0.1) is 13.2 Å². The van der Waals surface area contributed by atoms with Crippen LogP contribution in [0.4, 0.5) is 13.2 Å². The first-order chi connectivity index (χ1) is 6.81. The van der Waals surface area contributed by atoms with Crippen LogP contribution >= 0.6 is 11.6 Å². The number of carbonyl (C=O) groups is 1. The Balaban J connectivity index is 3.10. The summed E-state index contributed by atoms with van der Waals surface area (Å²) in [5.41, 5.74) is 4.57. The second kappa shape index (κ2) is 3.93. The zero-order valence-corrected chi connectivity index (χ0v) is 7.76. The molecule has 0 aliphatic heterocycles. The standard InChI is InChI=1S/C7H4ClF3N2O2/c8-4-3(5(12)14)1-2-13-6(4)15-7(9,10)11/h1-2H,(H2,12,14). The van der Waals surface area contributed by atoms with Crippen LogP contribution in [-0.4, -0.2) is 17.3 Å². The van der Waals surface area contributed by atoms with Gasteiger partial charge >= 0.3 is 6.36 Å². The van der Waals surface area contributed by atoms with E-state index < -0.39 is 23.2 Å². The minimum Gasteiger partial charge on any atom is -0.386 e. The molecule has 4 nitrogen and oxygen atoms in total. The monoisotopic (exact) mass is 240 g/mol. The Hall–Kier alpha value is -1.50. The molecule has 0 spiro atoms. The number of primary amides is 1. The summed E-state index contributed by atoms with van der Waals surface area (Å²) in [7, 11) is 0. The molecule has 0 fully saturated rings.